The molecule has 1 aromatic rings. The first kappa shape index (κ1) is 18.9. The second-order valence-electron chi connectivity index (χ2n) is 9.68. The summed E-state index contributed by atoms with van der Waals surface area (Å²) < 4.78 is 11.3. The predicted molar refractivity (Wildman–Crippen MR) is 109 cm³/mol. The molecule has 4 aliphatic carbocycles. The number of furan rings is 1. The third-order valence-corrected chi connectivity index (χ3v) is 8.82. The number of ether oxygens (including phenoxy) is 1. The van der Waals surface area contributed by atoms with Gasteiger partial charge in [-0.2, -0.15) is 0 Å². The molecule has 4 nitrogen and oxygen atoms in total. The van der Waals surface area contributed by atoms with Crippen LogP contribution in [0.5, 0.6) is 0 Å². The average molecular weight is 395 g/mol. The SMILES string of the molecule is CC[C@]12CC[C@H]3[C@@H](CCC4=CC(=O)C=C[C@@]43C)[C@@H]1CCC2OC(=O)c1ccco1. The predicted octanol–water partition coefficient (Wildman–Crippen LogP) is 5.50. The van der Waals surface area contributed by atoms with Crippen LogP contribution in [0.2, 0.25) is 0 Å². The second kappa shape index (κ2) is 6.72. The molecule has 0 N–H and O–H groups in total. The average Bonchev–Trinajstić information content (AvgIpc) is 3.37. The maximum Gasteiger partial charge on any atom is 0.374 e. The number of allylic oxidation sites excluding steroid dienone is 4. The van der Waals surface area contributed by atoms with Crippen molar-refractivity contribution in [1.29, 1.82) is 0 Å². The zero-order valence-electron chi connectivity index (χ0n) is 17.4. The quantitative estimate of drug-likeness (QED) is 0.635. The number of ketones is 1. The van der Waals surface area contributed by atoms with Crippen LogP contribution >= 0.6 is 0 Å². The molecule has 0 amide bonds. The maximum absolute atomic E-state index is 12.6. The van der Waals surface area contributed by atoms with Crippen LogP contribution < -0.4 is 0 Å². The van der Waals surface area contributed by atoms with Crippen molar-refractivity contribution >= 4 is 11.8 Å². The minimum Gasteiger partial charge on any atom is -0.457 e. The van der Waals surface area contributed by atoms with Crippen molar-refractivity contribution in [1.82, 2.24) is 0 Å². The maximum atomic E-state index is 12.6. The molecule has 3 fully saturated rings. The molecule has 1 aromatic heterocycles. The lowest BCUT2D eigenvalue weighted by atomic mass is 9.47. The molecule has 0 radical (unpaired) electrons. The topological polar surface area (TPSA) is 56.5 Å². The molecule has 1 unspecified atom stereocenters. The molecule has 29 heavy (non-hydrogen) atoms. The van der Waals surface area contributed by atoms with Crippen molar-refractivity contribution in [3.05, 3.63) is 48.0 Å². The molecular formula is C25H30O4. The smallest absolute Gasteiger partial charge is 0.374 e. The number of hydrogen-bond acceptors (Lipinski definition) is 4. The number of rotatable bonds is 3. The van der Waals surface area contributed by atoms with E-state index < -0.39 is 0 Å². The molecular weight excluding hydrogens is 364 g/mol. The van der Waals surface area contributed by atoms with Crippen LogP contribution in [0, 0.1) is 28.6 Å². The summed E-state index contributed by atoms with van der Waals surface area (Å²) in [5, 5.41) is 0. The van der Waals surface area contributed by atoms with E-state index >= 15 is 0 Å². The molecule has 5 rings (SSSR count). The monoisotopic (exact) mass is 394 g/mol. The highest BCUT2D eigenvalue weighted by Gasteiger charge is 2.60. The molecule has 1 heterocycles. The van der Waals surface area contributed by atoms with E-state index in [1.54, 1.807) is 18.2 Å². The highest BCUT2D eigenvalue weighted by molar-refractivity contribution is 6.01. The van der Waals surface area contributed by atoms with Crippen molar-refractivity contribution < 1.29 is 18.7 Å². The Bertz CT molecular complexity index is 879. The third kappa shape index (κ3) is 2.71. The highest BCUT2D eigenvalue weighted by atomic mass is 16.6. The number of fused-ring (bicyclic) bond motifs is 5. The number of esters is 1. The molecule has 0 aliphatic heterocycles. The third-order valence-electron chi connectivity index (χ3n) is 8.82. The Kier molecular flexibility index (Phi) is 4.38. The van der Waals surface area contributed by atoms with E-state index in [0.717, 1.165) is 44.9 Å². The van der Waals surface area contributed by atoms with Crippen LogP contribution in [0.3, 0.4) is 0 Å². The Labute approximate surface area is 172 Å². The molecule has 3 saturated carbocycles. The van der Waals surface area contributed by atoms with Gasteiger partial charge in [0, 0.05) is 10.8 Å². The van der Waals surface area contributed by atoms with Crippen LogP contribution in [-0.2, 0) is 9.53 Å². The van der Waals surface area contributed by atoms with Gasteiger partial charge < -0.3 is 9.15 Å². The standard InChI is InChI=1S/C25H30O4/c1-3-25-13-11-19-18(7-6-16-15-17(26)10-12-24(16,19)2)20(25)8-9-22(25)29-23(27)21-5-4-14-28-21/h4-5,10,12,14-15,18-20,22H,3,6-9,11,13H2,1-2H3/t18-,19+,20+,22?,24+,25+/m1/s1. The van der Waals surface area contributed by atoms with Gasteiger partial charge in [-0.15, -0.1) is 0 Å². The Balaban J connectivity index is 1.41. The van der Waals surface area contributed by atoms with Gasteiger partial charge in [0.05, 0.1) is 6.26 Å². The van der Waals surface area contributed by atoms with E-state index in [2.05, 4.69) is 19.9 Å². The van der Waals surface area contributed by atoms with Gasteiger partial charge in [-0.05, 0) is 87.0 Å². The molecule has 4 heteroatoms. The van der Waals surface area contributed by atoms with Crippen molar-refractivity contribution in [2.24, 2.45) is 28.6 Å². The number of hydrogen-bond donors (Lipinski definition) is 0. The minimum atomic E-state index is -0.329. The van der Waals surface area contributed by atoms with Gasteiger partial charge in [-0.25, -0.2) is 4.79 Å². The van der Waals surface area contributed by atoms with Gasteiger partial charge in [0.15, 0.2) is 5.78 Å². The zero-order chi connectivity index (χ0) is 20.2. The minimum absolute atomic E-state index is 0.0136. The van der Waals surface area contributed by atoms with Gasteiger partial charge in [-0.3, -0.25) is 4.79 Å². The summed E-state index contributed by atoms with van der Waals surface area (Å²) in [5.74, 6) is 1.91. The van der Waals surface area contributed by atoms with Gasteiger partial charge in [0.25, 0.3) is 0 Å². The lowest BCUT2D eigenvalue weighted by molar-refractivity contribution is -0.111. The van der Waals surface area contributed by atoms with E-state index in [1.807, 2.05) is 6.08 Å². The van der Waals surface area contributed by atoms with Crippen molar-refractivity contribution in [2.75, 3.05) is 0 Å². The molecule has 0 spiro atoms. The Morgan fingerprint density at radius 1 is 1.24 bits per heavy atom. The number of carbonyl (C=O) groups is 2. The summed E-state index contributed by atoms with van der Waals surface area (Å²) in [6.45, 7) is 4.60. The Morgan fingerprint density at radius 2 is 2.10 bits per heavy atom. The van der Waals surface area contributed by atoms with E-state index in [0.29, 0.717) is 23.5 Å². The normalized spacial score (nSPS) is 40.6. The molecule has 0 aromatic carbocycles. The van der Waals surface area contributed by atoms with Gasteiger partial charge in [0.2, 0.25) is 5.76 Å². The fourth-order valence-corrected chi connectivity index (χ4v) is 7.39. The second-order valence-corrected chi connectivity index (χ2v) is 9.68. The molecule has 0 bridgehead atoms. The van der Waals surface area contributed by atoms with E-state index in [1.165, 1.54) is 11.8 Å². The van der Waals surface area contributed by atoms with Crippen LogP contribution in [0.4, 0.5) is 0 Å². The summed E-state index contributed by atoms with van der Waals surface area (Å²) in [6.07, 6.45) is 14.9. The van der Waals surface area contributed by atoms with Crippen molar-refractivity contribution in [3.8, 4) is 0 Å². The van der Waals surface area contributed by atoms with E-state index in [-0.39, 0.29) is 28.7 Å². The lowest BCUT2D eigenvalue weighted by Crippen LogP contribution is -2.51. The van der Waals surface area contributed by atoms with Crippen LogP contribution in [-0.4, -0.2) is 17.9 Å². The van der Waals surface area contributed by atoms with Gasteiger partial charge in [0.1, 0.15) is 6.10 Å². The zero-order valence-corrected chi connectivity index (χ0v) is 17.4. The summed E-state index contributed by atoms with van der Waals surface area (Å²) in [7, 11) is 0. The Hall–Kier alpha value is -2.10. The van der Waals surface area contributed by atoms with E-state index in [9.17, 15) is 9.59 Å². The fraction of sp³-hybridized carbons (Fsp3) is 0.600. The summed E-state index contributed by atoms with van der Waals surface area (Å²) >= 11 is 0. The lowest BCUT2D eigenvalue weighted by Gasteiger charge is -2.57. The first-order valence-electron chi connectivity index (χ1n) is 11.2. The van der Waals surface area contributed by atoms with E-state index in [4.69, 9.17) is 9.15 Å². The first-order chi connectivity index (χ1) is 14.0. The Morgan fingerprint density at radius 3 is 2.86 bits per heavy atom. The highest BCUT2D eigenvalue weighted by Crippen LogP contribution is 2.66. The van der Waals surface area contributed by atoms with Gasteiger partial charge >= 0.3 is 5.97 Å². The summed E-state index contributed by atoms with van der Waals surface area (Å²) in [5.41, 5.74) is 1.42. The molecule has 4 aliphatic rings. The molecule has 6 atom stereocenters. The van der Waals surface area contributed by atoms with Crippen LogP contribution in [0.25, 0.3) is 0 Å². The van der Waals surface area contributed by atoms with Crippen LogP contribution in [0.1, 0.15) is 69.3 Å². The van der Waals surface area contributed by atoms with Crippen molar-refractivity contribution in [3.63, 3.8) is 0 Å². The molecule has 154 valence electrons. The van der Waals surface area contributed by atoms with Crippen molar-refractivity contribution in [2.45, 2.75) is 64.9 Å². The summed E-state index contributed by atoms with van der Waals surface area (Å²) in [4.78, 5) is 24.5. The first-order valence-corrected chi connectivity index (χ1v) is 11.2. The number of carbonyl (C=O) groups excluding carboxylic acids is 2. The van der Waals surface area contributed by atoms with Crippen LogP contribution in [0.15, 0.2) is 46.6 Å². The van der Waals surface area contributed by atoms with Gasteiger partial charge in [-0.1, -0.05) is 25.5 Å². The fourth-order valence-electron chi connectivity index (χ4n) is 7.39. The largest absolute Gasteiger partial charge is 0.457 e. The molecule has 0 saturated heterocycles. The summed E-state index contributed by atoms with van der Waals surface area (Å²) in [6, 6.07) is 3.40.